The summed E-state index contributed by atoms with van der Waals surface area (Å²) in [5.74, 6) is 0.885. The van der Waals surface area contributed by atoms with Crippen molar-refractivity contribution in [2.45, 2.75) is 52.5 Å². The molecule has 1 aromatic rings. The molecule has 21 heavy (non-hydrogen) atoms. The number of hydrogen-bond donors (Lipinski definition) is 1. The van der Waals surface area contributed by atoms with Crippen molar-refractivity contribution in [3.8, 4) is 11.8 Å². The third-order valence-corrected chi connectivity index (χ3v) is 4.17. The molecule has 0 aliphatic heterocycles. The standard InChI is InChI=1S/C17H25BrN2O/c1-4-14(20)11-13-7-5-8-15(18)16(13)21-10-6-9-17(2,3)12-19/h5,7-8,14H,4,6,9-11,20H2,1-3H3. The lowest BCUT2D eigenvalue weighted by molar-refractivity contribution is 0.280. The number of nitriles is 1. The average Bonchev–Trinajstić information content (AvgIpc) is 2.45. The quantitative estimate of drug-likeness (QED) is 0.703. The average molecular weight is 353 g/mol. The highest BCUT2D eigenvalue weighted by atomic mass is 79.9. The number of rotatable bonds is 8. The van der Waals surface area contributed by atoms with Crippen molar-refractivity contribution >= 4 is 15.9 Å². The van der Waals surface area contributed by atoms with Gasteiger partial charge in [0.25, 0.3) is 0 Å². The van der Waals surface area contributed by atoms with Gasteiger partial charge < -0.3 is 10.5 Å². The lowest BCUT2D eigenvalue weighted by Gasteiger charge is -2.18. The summed E-state index contributed by atoms with van der Waals surface area (Å²) >= 11 is 3.55. The summed E-state index contributed by atoms with van der Waals surface area (Å²) in [5, 5.41) is 9.01. The number of halogens is 1. The Morgan fingerprint density at radius 3 is 2.76 bits per heavy atom. The fraction of sp³-hybridized carbons (Fsp3) is 0.588. The van der Waals surface area contributed by atoms with E-state index in [1.165, 1.54) is 0 Å². The Labute approximate surface area is 136 Å². The van der Waals surface area contributed by atoms with Crippen LogP contribution in [0.2, 0.25) is 0 Å². The highest BCUT2D eigenvalue weighted by Crippen LogP contribution is 2.30. The van der Waals surface area contributed by atoms with Crippen LogP contribution in [0.3, 0.4) is 0 Å². The fourth-order valence-electron chi connectivity index (χ4n) is 2.05. The normalized spacial score (nSPS) is 12.8. The van der Waals surface area contributed by atoms with Gasteiger partial charge in [-0.1, -0.05) is 19.1 Å². The van der Waals surface area contributed by atoms with Crippen LogP contribution in [0.4, 0.5) is 0 Å². The Balaban J connectivity index is 2.64. The zero-order valence-corrected chi connectivity index (χ0v) is 14.7. The third-order valence-electron chi connectivity index (χ3n) is 3.55. The van der Waals surface area contributed by atoms with E-state index in [9.17, 15) is 0 Å². The molecule has 0 aliphatic carbocycles. The summed E-state index contributed by atoms with van der Waals surface area (Å²) in [6.07, 6.45) is 3.45. The molecule has 0 saturated heterocycles. The highest BCUT2D eigenvalue weighted by molar-refractivity contribution is 9.10. The molecule has 0 spiro atoms. The van der Waals surface area contributed by atoms with E-state index < -0.39 is 0 Å². The van der Waals surface area contributed by atoms with Crippen molar-refractivity contribution in [1.29, 1.82) is 5.26 Å². The van der Waals surface area contributed by atoms with Gasteiger partial charge >= 0.3 is 0 Å². The molecule has 1 unspecified atom stereocenters. The van der Waals surface area contributed by atoms with Gasteiger partial charge in [0.1, 0.15) is 5.75 Å². The van der Waals surface area contributed by atoms with Crippen LogP contribution in [0, 0.1) is 16.7 Å². The minimum absolute atomic E-state index is 0.152. The predicted octanol–water partition coefficient (Wildman–Crippen LogP) is 4.44. The van der Waals surface area contributed by atoms with Gasteiger partial charge in [0.15, 0.2) is 0 Å². The van der Waals surface area contributed by atoms with E-state index in [-0.39, 0.29) is 11.5 Å². The van der Waals surface area contributed by atoms with Crippen LogP contribution < -0.4 is 10.5 Å². The van der Waals surface area contributed by atoms with Gasteiger partial charge in [0.05, 0.1) is 22.6 Å². The second-order valence-electron chi connectivity index (χ2n) is 6.05. The van der Waals surface area contributed by atoms with E-state index in [2.05, 4.69) is 35.0 Å². The van der Waals surface area contributed by atoms with E-state index in [0.717, 1.165) is 41.5 Å². The number of nitrogens with two attached hydrogens (primary N) is 1. The Bertz CT molecular complexity index is 494. The minimum atomic E-state index is -0.287. The molecule has 2 N–H and O–H groups in total. The maximum atomic E-state index is 9.01. The highest BCUT2D eigenvalue weighted by Gasteiger charge is 2.16. The molecule has 0 aliphatic rings. The molecule has 0 saturated carbocycles. The fourth-order valence-corrected chi connectivity index (χ4v) is 2.57. The lowest BCUT2D eigenvalue weighted by atomic mass is 9.90. The first-order valence-electron chi connectivity index (χ1n) is 7.46. The van der Waals surface area contributed by atoms with Crippen molar-refractivity contribution in [2.75, 3.05) is 6.61 Å². The Morgan fingerprint density at radius 1 is 1.43 bits per heavy atom. The van der Waals surface area contributed by atoms with Gasteiger partial charge in [-0.3, -0.25) is 0 Å². The van der Waals surface area contributed by atoms with Gasteiger partial charge in [-0.05, 0) is 67.1 Å². The molecule has 0 bridgehead atoms. The topological polar surface area (TPSA) is 59.0 Å². The van der Waals surface area contributed by atoms with E-state index in [1.807, 2.05) is 26.0 Å². The number of benzene rings is 1. The van der Waals surface area contributed by atoms with Crippen molar-refractivity contribution < 1.29 is 4.74 Å². The summed E-state index contributed by atoms with van der Waals surface area (Å²) in [7, 11) is 0. The summed E-state index contributed by atoms with van der Waals surface area (Å²) in [6, 6.07) is 8.52. The zero-order valence-electron chi connectivity index (χ0n) is 13.2. The molecule has 0 aromatic heterocycles. The number of hydrogen-bond acceptors (Lipinski definition) is 3. The summed E-state index contributed by atoms with van der Waals surface area (Å²) < 4.78 is 6.90. The predicted molar refractivity (Wildman–Crippen MR) is 90.2 cm³/mol. The van der Waals surface area contributed by atoms with E-state index >= 15 is 0 Å². The molecule has 0 radical (unpaired) electrons. The molecule has 0 heterocycles. The molecule has 1 rings (SSSR count). The molecule has 4 heteroatoms. The minimum Gasteiger partial charge on any atom is -0.492 e. The van der Waals surface area contributed by atoms with Crippen LogP contribution >= 0.6 is 15.9 Å². The molecule has 0 fully saturated rings. The number of nitrogens with zero attached hydrogens (tertiary/aromatic N) is 1. The van der Waals surface area contributed by atoms with E-state index in [0.29, 0.717) is 6.61 Å². The van der Waals surface area contributed by atoms with Crippen molar-refractivity contribution in [3.05, 3.63) is 28.2 Å². The maximum Gasteiger partial charge on any atom is 0.136 e. The first kappa shape index (κ1) is 18.0. The number of para-hydroxylation sites is 1. The SMILES string of the molecule is CCC(N)Cc1cccc(Br)c1OCCCC(C)(C)C#N. The van der Waals surface area contributed by atoms with E-state index in [4.69, 9.17) is 15.7 Å². The van der Waals surface area contributed by atoms with Crippen LogP contribution in [0.5, 0.6) is 5.75 Å². The molecule has 0 amide bonds. The Kier molecular flexibility index (Phi) is 7.21. The zero-order chi connectivity index (χ0) is 15.9. The van der Waals surface area contributed by atoms with Crippen LogP contribution in [0.15, 0.2) is 22.7 Å². The summed E-state index contributed by atoms with van der Waals surface area (Å²) in [5.41, 5.74) is 6.90. The molecule has 1 aromatic carbocycles. The monoisotopic (exact) mass is 352 g/mol. The van der Waals surface area contributed by atoms with Crippen LogP contribution in [-0.2, 0) is 6.42 Å². The smallest absolute Gasteiger partial charge is 0.136 e. The first-order valence-corrected chi connectivity index (χ1v) is 8.26. The van der Waals surface area contributed by atoms with Gasteiger partial charge in [0.2, 0.25) is 0 Å². The van der Waals surface area contributed by atoms with Crippen molar-refractivity contribution in [3.63, 3.8) is 0 Å². The summed E-state index contributed by atoms with van der Waals surface area (Å²) in [6.45, 7) is 6.61. The maximum absolute atomic E-state index is 9.01. The van der Waals surface area contributed by atoms with Crippen LogP contribution in [0.25, 0.3) is 0 Å². The molecule has 3 nitrogen and oxygen atoms in total. The molecular weight excluding hydrogens is 328 g/mol. The largest absolute Gasteiger partial charge is 0.492 e. The Hall–Kier alpha value is -1.05. The van der Waals surface area contributed by atoms with Gasteiger partial charge in [-0.15, -0.1) is 0 Å². The number of ether oxygens (including phenoxy) is 1. The molecule has 116 valence electrons. The summed E-state index contributed by atoms with van der Waals surface area (Å²) in [4.78, 5) is 0. The molecule has 1 atom stereocenters. The molecular formula is C17H25BrN2O. The van der Waals surface area contributed by atoms with Crippen LogP contribution in [0.1, 0.15) is 45.6 Å². The van der Waals surface area contributed by atoms with Crippen molar-refractivity contribution in [2.24, 2.45) is 11.1 Å². The van der Waals surface area contributed by atoms with Gasteiger partial charge in [-0.25, -0.2) is 0 Å². The first-order chi connectivity index (χ1) is 9.89. The van der Waals surface area contributed by atoms with Crippen LogP contribution in [-0.4, -0.2) is 12.6 Å². The van der Waals surface area contributed by atoms with Gasteiger partial charge in [-0.2, -0.15) is 5.26 Å². The second-order valence-corrected chi connectivity index (χ2v) is 6.90. The van der Waals surface area contributed by atoms with Crippen molar-refractivity contribution in [1.82, 2.24) is 0 Å². The second kappa shape index (κ2) is 8.41. The lowest BCUT2D eigenvalue weighted by Crippen LogP contribution is -2.22. The third kappa shape index (κ3) is 6.07. The Morgan fingerprint density at radius 2 is 2.14 bits per heavy atom. The van der Waals surface area contributed by atoms with E-state index in [1.54, 1.807) is 0 Å². The van der Waals surface area contributed by atoms with Gasteiger partial charge in [0, 0.05) is 6.04 Å².